The molecule has 0 aromatic carbocycles. The molecule has 0 fully saturated rings. The molecule has 2 heterocycles. The molecule has 4 heteroatoms. The first-order chi connectivity index (χ1) is 6.34. The zero-order valence-electron chi connectivity index (χ0n) is 7.82. The van der Waals surface area contributed by atoms with Gasteiger partial charge in [-0.2, -0.15) is 5.10 Å². The number of nitrogens with one attached hydrogen (secondary N) is 1. The van der Waals surface area contributed by atoms with Crippen LogP contribution in [0.1, 0.15) is 18.5 Å². The summed E-state index contributed by atoms with van der Waals surface area (Å²) in [5, 5.41) is 7.56. The number of aryl methyl sites for hydroxylation is 1. The van der Waals surface area contributed by atoms with E-state index in [-0.39, 0.29) is 0 Å². The minimum absolute atomic E-state index is 0.791. The molecule has 0 aliphatic carbocycles. The second kappa shape index (κ2) is 3.60. The molecule has 0 amide bonds. The fourth-order valence-corrected chi connectivity index (χ4v) is 1.43. The van der Waals surface area contributed by atoms with Crippen molar-refractivity contribution < 1.29 is 0 Å². The predicted molar refractivity (Wildman–Crippen MR) is 51.6 cm³/mol. The number of hydrogen-bond donors (Lipinski definition) is 1. The minimum atomic E-state index is 0.791. The topological polar surface area (TPSA) is 42.2 Å². The van der Waals surface area contributed by atoms with Crippen LogP contribution in [-0.4, -0.2) is 22.2 Å². The van der Waals surface area contributed by atoms with Crippen molar-refractivity contribution in [2.45, 2.75) is 19.4 Å². The van der Waals surface area contributed by atoms with Gasteiger partial charge in [0.25, 0.3) is 0 Å². The average Bonchev–Trinajstić information content (AvgIpc) is 2.71. The van der Waals surface area contributed by atoms with Gasteiger partial charge in [0.1, 0.15) is 0 Å². The first-order valence-electron chi connectivity index (χ1n) is 4.60. The highest BCUT2D eigenvalue weighted by molar-refractivity contribution is 5.83. The Balaban J connectivity index is 1.85. The molecule has 1 aromatic rings. The molecule has 2 rings (SSSR count). The standard InChI is InChI=1S/C9H14N4/c1-13-6-4-8(12-13)7-11-9-3-2-5-10-9/h4,6H,2-3,5,7H2,1H3,(H,10,11). The van der Waals surface area contributed by atoms with E-state index in [4.69, 9.17) is 0 Å². The normalized spacial score (nSPS) is 15.9. The van der Waals surface area contributed by atoms with Crippen LogP contribution in [0.4, 0.5) is 0 Å². The van der Waals surface area contributed by atoms with Gasteiger partial charge >= 0.3 is 0 Å². The van der Waals surface area contributed by atoms with Gasteiger partial charge < -0.3 is 5.32 Å². The van der Waals surface area contributed by atoms with Crippen molar-refractivity contribution in [2.24, 2.45) is 12.0 Å². The van der Waals surface area contributed by atoms with E-state index in [1.54, 1.807) is 0 Å². The highest BCUT2D eigenvalue weighted by atomic mass is 15.3. The van der Waals surface area contributed by atoms with Gasteiger partial charge in [0, 0.05) is 26.2 Å². The highest BCUT2D eigenvalue weighted by Crippen LogP contribution is 2.02. The molecule has 1 aliphatic heterocycles. The number of amidine groups is 1. The Morgan fingerprint density at radius 1 is 1.62 bits per heavy atom. The van der Waals surface area contributed by atoms with E-state index in [1.807, 2.05) is 24.0 Å². The number of nitrogens with zero attached hydrogens (tertiary/aromatic N) is 3. The third-order valence-electron chi connectivity index (χ3n) is 2.12. The summed E-state index contributed by atoms with van der Waals surface area (Å²) in [5.41, 5.74) is 1.07. The van der Waals surface area contributed by atoms with Crippen LogP contribution in [-0.2, 0) is 13.6 Å². The molecule has 1 aliphatic rings. The Morgan fingerprint density at radius 3 is 3.15 bits per heavy atom. The van der Waals surface area contributed by atoms with Crippen molar-refractivity contribution in [1.82, 2.24) is 15.1 Å². The quantitative estimate of drug-likeness (QED) is 0.724. The van der Waals surface area contributed by atoms with E-state index in [2.05, 4.69) is 15.4 Å². The fourth-order valence-electron chi connectivity index (χ4n) is 1.43. The molecule has 0 radical (unpaired) electrons. The van der Waals surface area contributed by atoms with Crippen LogP contribution in [0.3, 0.4) is 0 Å². The van der Waals surface area contributed by atoms with Crippen molar-refractivity contribution in [1.29, 1.82) is 0 Å². The van der Waals surface area contributed by atoms with Crippen LogP contribution in [0.15, 0.2) is 17.3 Å². The predicted octanol–water partition coefficient (Wildman–Crippen LogP) is 0.702. The first kappa shape index (κ1) is 8.29. The SMILES string of the molecule is Cn1ccc(CNC2=NCCC2)n1. The molecule has 70 valence electrons. The zero-order chi connectivity index (χ0) is 9.10. The van der Waals surface area contributed by atoms with Crippen LogP contribution in [0, 0.1) is 0 Å². The van der Waals surface area contributed by atoms with Crippen LogP contribution in [0.2, 0.25) is 0 Å². The summed E-state index contributed by atoms with van der Waals surface area (Å²) < 4.78 is 1.81. The van der Waals surface area contributed by atoms with Crippen LogP contribution < -0.4 is 5.32 Å². The molecule has 4 nitrogen and oxygen atoms in total. The summed E-state index contributed by atoms with van der Waals surface area (Å²) in [7, 11) is 1.93. The summed E-state index contributed by atoms with van der Waals surface area (Å²) in [5.74, 6) is 1.13. The second-order valence-electron chi connectivity index (χ2n) is 3.27. The van der Waals surface area contributed by atoms with Gasteiger partial charge in [-0.25, -0.2) is 0 Å². The average molecular weight is 178 g/mol. The molecule has 0 unspecified atom stereocenters. The largest absolute Gasteiger partial charge is 0.368 e. The molecule has 0 saturated heterocycles. The van der Waals surface area contributed by atoms with E-state index < -0.39 is 0 Å². The monoisotopic (exact) mass is 178 g/mol. The smallest absolute Gasteiger partial charge is 0.0966 e. The Morgan fingerprint density at radius 2 is 2.54 bits per heavy atom. The van der Waals surface area contributed by atoms with Gasteiger partial charge in [-0.1, -0.05) is 0 Å². The maximum absolute atomic E-state index is 4.33. The lowest BCUT2D eigenvalue weighted by Crippen LogP contribution is -2.20. The molecular formula is C9H14N4. The van der Waals surface area contributed by atoms with E-state index in [1.165, 1.54) is 6.42 Å². The summed E-state index contributed by atoms with van der Waals surface area (Å²) in [6, 6.07) is 2.02. The lowest BCUT2D eigenvalue weighted by Gasteiger charge is -2.01. The molecule has 0 spiro atoms. The van der Waals surface area contributed by atoms with Gasteiger partial charge in [0.15, 0.2) is 0 Å². The lowest BCUT2D eigenvalue weighted by molar-refractivity contribution is 0.729. The lowest BCUT2D eigenvalue weighted by atomic mass is 10.3. The highest BCUT2D eigenvalue weighted by Gasteiger charge is 2.05. The van der Waals surface area contributed by atoms with E-state index in [9.17, 15) is 0 Å². The molecule has 0 bridgehead atoms. The van der Waals surface area contributed by atoms with Crippen molar-refractivity contribution >= 4 is 5.84 Å². The molecule has 13 heavy (non-hydrogen) atoms. The number of rotatable bonds is 2. The van der Waals surface area contributed by atoms with Crippen molar-refractivity contribution in [3.05, 3.63) is 18.0 Å². The summed E-state index contributed by atoms with van der Waals surface area (Å²) in [6.07, 6.45) is 4.23. The third-order valence-corrected chi connectivity index (χ3v) is 2.12. The molecular weight excluding hydrogens is 164 g/mol. The Bertz CT molecular complexity index is 313. The number of hydrogen-bond acceptors (Lipinski definition) is 3. The van der Waals surface area contributed by atoms with E-state index >= 15 is 0 Å². The molecule has 1 aromatic heterocycles. The van der Waals surface area contributed by atoms with Gasteiger partial charge in [-0.15, -0.1) is 0 Å². The Kier molecular flexibility index (Phi) is 2.29. The Hall–Kier alpha value is -1.32. The molecule has 1 N–H and O–H groups in total. The summed E-state index contributed by atoms with van der Waals surface area (Å²) in [4.78, 5) is 4.33. The molecule has 0 saturated carbocycles. The fraction of sp³-hybridized carbons (Fsp3) is 0.556. The Labute approximate surface area is 77.7 Å². The van der Waals surface area contributed by atoms with Crippen LogP contribution >= 0.6 is 0 Å². The van der Waals surface area contributed by atoms with Gasteiger partial charge in [-0.3, -0.25) is 9.67 Å². The maximum atomic E-state index is 4.33. The van der Waals surface area contributed by atoms with Gasteiger partial charge in [-0.05, 0) is 12.5 Å². The van der Waals surface area contributed by atoms with Gasteiger partial charge in [0.05, 0.1) is 18.1 Å². The zero-order valence-corrected chi connectivity index (χ0v) is 7.82. The van der Waals surface area contributed by atoms with Gasteiger partial charge in [0.2, 0.25) is 0 Å². The third kappa shape index (κ3) is 2.08. The van der Waals surface area contributed by atoms with E-state index in [0.29, 0.717) is 0 Å². The van der Waals surface area contributed by atoms with E-state index in [0.717, 1.165) is 31.0 Å². The van der Waals surface area contributed by atoms with Crippen molar-refractivity contribution in [3.63, 3.8) is 0 Å². The maximum Gasteiger partial charge on any atom is 0.0966 e. The summed E-state index contributed by atoms with van der Waals surface area (Å²) >= 11 is 0. The van der Waals surface area contributed by atoms with Crippen molar-refractivity contribution in [2.75, 3.05) is 6.54 Å². The first-order valence-corrected chi connectivity index (χ1v) is 4.60. The minimum Gasteiger partial charge on any atom is -0.368 e. The molecule has 0 atom stereocenters. The summed E-state index contributed by atoms with van der Waals surface area (Å²) in [6.45, 7) is 1.77. The second-order valence-corrected chi connectivity index (χ2v) is 3.27. The van der Waals surface area contributed by atoms with Crippen LogP contribution in [0.25, 0.3) is 0 Å². The van der Waals surface area contributed by atoms with Crippen LogP contribution in [0.5, 0.6) is 0 Å². The van der Waals surface area contributed by atoms with Crippen molar-refractivity contribution in [3.8, 4) is 0 Å². The number of aromatic nitrogens is 2. The number of aliphatic imine (C=N–C) groups is 1.